The Hall–Kier alpha value is -4.58. The molecule has 250 valence electrons. The predicted octanol–water partition coefficient (Wildman–Crippen LogP) is 1.40. The minimum Gasteiger partial charge on any atom is -0.462 e. The Morgan fingerprint density at radius 1 is 0.787 bits per heavy atom. The van der Waals surface area contributed by atoms with Crippen molar-refractivity contribution >= 4 is 11.9 Å². The van der Waals surface area contributed by atoms with Crippen LogP contribution in [0.1, 0.15) is 46.0 Å². The van der Waals surface area contributed by atoms with Gasteiger partial charge in [-0.25, -0.2) is 19.0 Å². The number of rotatable bonds is 14. The fourth-order valence-corrected chi connectivity index (χ4v) is 4.87. The van der Waals surface area contributed by atoms with Gasteiger partial charge >= 0.3 is 11.9 Å². The lowest BCUT2D eigenvalue weighted by Crippen LogP contribution is -2.60. The summed E-state index contributed by atoms with van der Waals surface area (Å²) in [4.78, 5) is 23.9. The molecule has 4 aromatic rings. The first-order chi connectivity index (χ1) is 22.8. The van der Waals surface area contributed by atoms with Crippen LogP contribution in [-0.4, -0.2) is 110 Å². The summed E-state index contributed by atoms with van der Waals surface area (Å²) >= 11 is 0. The zero-order valence-corrected chi connectivity index (χ0v) is 26.0. The second kappa shape index (κ2) is 15.8. The van der Waals surface area contributed by atoms with Crippen molar-refractivity contribution in [3.8, 4) is 11.4 Å². The number of hydrogen-bond acceptors (Lipinski definition) is 14. The Bertz CT molecular complexity index is 1610. The summed E-state index contributed by atoms with van der Waals surface area (Å²) in [5.74, 6) is -0.830. The number of hydrogen-bond donors (Lipinski definition) is 2. The molecular weight excluding hydrogens is 616 g/mol. The van der Waals surface area contributed by atoms with E-state index in [2.05, 4.69) is 20.6 Å². The zero-order chi connectivity index (χ0) is 33.3. The maximum absolute atomic E-state index is 11.9. The molecular formula is C31H36N6O10. The van der Waals surface area contributed by atoms with Gasteiger partial charge < -0.3 is 38.6 Å². The van der Waals surface area contributed by atoms with Crippen LogP contribution < -0.4 is 0 Å². The number of carbonyl (C=O) groups excluding carboxylic acids is 2. The van der Waals surface area contributed by atoms with Gasteiger partial charge in [-0.1, -0.05) is 10.4 Å². The summed E-state index contributed by atoms with van der Waals surface area (Å²) in [5, 5.41) is 37.5. The van der Waals surface area contributed by atoms with Gasteiger partial charge in [0.05, 0.1) is 67.9 Å². The summed E-state index contributed by atoms with van der Waals surface area (Å²) < 4.78 is 36.5. The quantitative estimate of drug-likeness (QED) is 0.186. The van der Waals surface area contributed by atoms with Gasteiger partial charge in [0.15, 0.2) is 6.29 Å². The van der Waals surface area contributed by atoms with Crippen molar-refractivity contribution in [2.75, 3.05) is 26.9 Å². The molecule has 47 heavy (non-hydrogen) atoms. The largest absolute Gasteiger partial charge is 0.462 e. The molecule has 5 rings (SSSR count). The number of esters is 2. The lowest BCUT2D eigenvalue weighted by atomic mass is 9.98. The van der Waals surface area contributed by atoms with Crippen LogP contribution in [0.4, 0.5) is 0 Å². The topological polar surface area (TPSA) is 191 Å². The highest BCUT2D eigenvalue weighted by atomic mass is 16.7. The standard InChI is InChI=1S/C31H36N6O10/c1-4-43-29(40)19-6-10-23(11-7-19)36-14-21(32-34-36)17-45-27-26(39)25(16-38)47-31(42-3)28(27)46-18-22-15-37(35-33-22)24-12-8-20(9-13-24)30(41)44-5-2/h6-15,25-28,31,38-39H,4-5,16-18H2,1-3H3/t25-,26-,27+,28-,31+/m1/s1. The van der Waals surface area contributed by atoms with Crippen molar-refractivity contribution in [3.63, 3.8) is 0 Å². The molecule has 1 saturated heterocycles. The highest BCUT2D eigenvalue weighted by Crippen LogP contribution is 2.28. The van der Waals surface area contributed by atoms with E-state index in [-0.39, 0.29) is 26.4 Å². The third kappa shape index (κ3) is 8.05. The number of aliphatic hydroxyl groups is 2. The van der Waals surface area contributed by atoms with Gasteiger partial charge in [-0.3, -0.25) is 0 Å². The molecule has 0 unspecified atom stereocenters. The molecule has 1 fully saturated rings. The Kier molecular flexibility index (Phi) is 11.4. The lowest BCUT2D eigenvalue weighted by molar-refractivity contribution is -0.314. The van der Waals surface area contributed by atoms with Crippen molar-refractivity contribution in [2.45, 2.75) is 57.8 Å². The zero-order valence-electron chi connectivity index (χ0n) is 26.0. The van der Waals surface area contributed by atoms with Gasteiger partial charge in [-0.15, -0.1) is 10.2 Å². The van der Waals surface area contributed by atoms with Crippen molar-refractivity contribution in [3.05, 3.63) is 83.4 Å². The van der Waals surface area contributed by atoms with E-state index in [0.717, 1.165) is 0 Å². The van der Waals surface area contributed by atoms with Crippen molar-refractivity contribution in [1.82, 2.24) is 30.0 Å². The number of nitrogens with zero attached hydrogens (tertiary/aromatic N) is 6. The smallest absolute Gasteiger partial charge is 0.338 e. The van der Waals surface area contributed by atoms with Crippen LogP contribution in [-0.2, 0) is 41.6 Å². The molecule has 0 spiro atoms. The first-order valence-electron chi connectivity index (χ1n) is 14.9. The molecule has 0 radical (unpaired) electrons. The molecule has 1 aliphatic rings. The number of aliphatic hydroxyl groups excluding tert-OH is 2. The van der Waals surface area contributed by atoms with E-state index in [4.69, 9.17) is 28.4 Å². The first-order valence-corrected chi connectivity index (χ1v) is 14.9. The molecule has 0 bridgehead atoms. The number of benzene rings is 2. The molecule has 2 N–H and O–H groups in total. The van der Waals surface area contributed by atoms with Crippen LogP contribution in [0.15, 0.2) is 60.9 Å². The minimum atomic E-state index is -1.27. The fraction of sp³-hybridized carbons (Fsp3) is 0.419. The molecule has 0 saturated carbocycles. The van der Waals surface area contributed by atoms with E-state index in [1.807, 2.05) is 0 Å². The van der Waals surface area contributed by atoms with Crippen LogP contribution >= 0.6 is 0 Å². The Morgan fingerprint density at radius 3 is 1.68 bits per heavy atom. The number of methoxy groups -OCH3 is 1. The van der Waals surface area contributed by atoms with Gasteiger partial charge in [0, 0.05) is 7.11 Å². The highest BCUT2D eigenvalue weighted by molar-refractivity contribution is 5.90. The SMILES string of the molecule is CCOC(=O)c1ccc(-n2cc(CO[C@H]3[C@@H](OC)O[C@H](CO)[C@@H](O)[C@@H]3OCc3cn(-c4ccc(C(=O)OCC)cc4)nn3)nn2)cc1. The molecule has 16 nitrogen and oxygen atoms in total. The summed E-state index contributed by atoms with van der Waals surface area (Å²) in [6.45, 7) is 3.47. The van der Waals surface area contributed by atoms with Crippen LogP contribution in [0.3, 0.4) is 0 Å². The van der Waals surface area contributed by atoms with Gasteiger partial charge in [0.25, 0.3) is 0 Å². The summed E-state index contributed by atoms with van der Waals surface area (Å²) in [6, 6.07) is 13.4. The molecule has 1 aliphatic heterocycles. The minimum absolute atomic E-state index is 0.0385. The Labute approximate surface area is 269 Å². The van der Waals surface area contributed by atoms with E-state index in [9.17, 15) is 19.8 Å². The molecule has 16 heteroatoms. The van der Waals surface area contributed by atoms with Crippen LogP contribution in [0.5, 0.6) is 0 Å². The van der Waals surface area contributed by atoms with E-state index >= 15 is 0 Å². The van der Waals surface area contributed by atoms with Crippen molar-refractivity contribution in [1.29, 1.82) is 0 Å². The molecule has 0 aliphatic carbocycles. The third-order valence-electron chi connectivity index (χ3n) is 7.25. The monoisotopic (exact) mass is 652 g/mol. The Morgan fingerprint density at radius 2 is 1.26 bits per heavy atom. The van der Waals surface area contributed by atoms with Gasteiger partial charge in [-0.2, -0.15) is 0 Å². The average Bonchev–Trinajstić information content (AvgIpc) is 3.78. The second-order valence-electron chi connectivity index (χ2n) is 10.3. The first kappa shape index (κ1) is 33.8. The number of aromatic nitrogens is 6. The maximum atomic E-state index is 11.9. The molecule has 2 aromatic carbocycles. The molecule has 3 heterocycles. The number of carbonyl (C=O) groups is 2. The summed E-state index contributed by atoms with van der Waals surface area (Å²) in [6.07, 6.45) is -1.87. The highest BCUT2D eigenvalue weighted by Gasteiger charge is 2.47. The molecule has 5 atom stereocenters. The molecule has 2 aromatic heterocycles. The Balaban J connectivity index is 1.25. The van der Waals surface area contributed by atoms with Gasteiger partial charge in [-0.05, 0) is 62.4 Å². The van der Waals surface area contributed by atoms with Crippen LogP contribution in [0.2, 0.25) is 0 Å². The average molecular weight is 653 g/mol. The summed E-state index contributed by atoms with van der Waals surface area (Å²) in [7, 11) is 1.42. The van der Waals surface area contributed by atoms with Crippen molar-refractivity contribution in [2.24, 2.45) is 0 Å². The van der Waals surface area contributed by atoms with E-state index in [0.29, 0.717) is 33.9 Å². The van der Waals surface area contributed by atoms with E-state index < -0.39 is 49.3 Å². The fourth-order valence-electron chi connectivity index (χ4n) is 4.87. The molecule has 0 amide bonds. The van der Waals surface area contributed by atoms with Crippen LogP contribution in [0, 0.1) is 0 Å². The van der Waals surface area contributed by atoms with E-state index in [1.165, 1.54) is 16.5 Å². The van der Waals surface area contributed by atoms with Gasteiger partial charge in [0.2, 0.25) is 0 Å². The summed E-state index contributed by atoms with van der Waals surface area (Å²) in [5.41, 5.74) is 3.06. The van der Waals surface area contributed by atoms with Crippen molar-refractivity contribution < 1.29 is 48.2 Å². The lowest BCUT2D eigenvalue weighted by Gasteiger charge is -2.43. The van der Waals surface area contributed by atoms with Crippen LogP contribution in [0.25, 0.3) is 11.4 Å². The normalized spacial score (nSPS) is 21.0. The second-order valence-corrected chi connectivity index (χ2v) is 10.3. The third-order valence-corrected chi connectivity index (χ3v) is 7.25. The number of ether oxygens (including phenoxy) is 6. The maximum Gasteiger partial charge on any atom is 0.338 e. The van der Waals surface area contributed by atoms with E-state index in [1.54, 1.807) is 74.8 Å². The van der Waals surface area contributed by atoms with Gasteiger partial charge in [0.1, 0.15) is 35.8 Å². The predicted molar refractivity (Wildman–Crippen MR) is 161 cm³/mol.